The van der Waals surface area contributed by atoms with Gasteiger partial charge in [-0.15, -0.1) is 0 Å². The van der Waals surface area contributed by atoms with Crippen molar-refractivity contribution in [3.05, 3.63) is 126 Å². The van der Waals surface area contributed by atoms with E-state index in [4.69, 9.17) is 14.6 Å². The van der Waals surface area contributed by atoms with E-state index >= 15 is 0 Å². The van der Waals surface area contributed by atoms with Crippen molar-refractivity contribution in [2.75, 3.05) is 12.1 Å². The number of carbonyl (C=O) groups excluding carboxylic acids is 1. The lowest BCUT2D eigenvalue weighted by Crippen LogP contribution is -2.09. The molecule has 5 nitrogen and oxygen atoms in total. The molecule has 0 N–H and O–H groups in total. The van der Waals surface area contributed by atoms with Crippen molar-refractivity contribution in [1.29, 1.82) is 0 Å². The van der Waals surface area contributed by atoms with Gasteiger partial charge in [0.15, 0.2) is 0 Å². The van der Waals surface area contributed by atoms with Crippen molar-refractivity contribution in [3.63, 3.8) is 0 Å². The summed E-state index contributed by atoms with van der Waals surface area (Å²) < 4.78 is 10.6. The van der Waals surface area contributed by atoms with Gasteiger partial charge in [0.25, 0.3) is 0 Å². The topological polar surface area (TPSA) is 51.1 Å². The number of hydrogen-bond donors (Lipinski definition) is 0. The molecule has 0 spiro atoms. The Morgan fingerprint density at radius 2 is 1.36 bits per heavy atom. The molecule has 0 saturated carbocycles. The van der Waals surface area contributed by atoms with Crippen molar-refractivity contribution >= 4 is 23.6 Å². The minimum atomic E-state index is -0.349. The molecule has 0 amide bonds. The Morgan fingerprint density at radius 1 is 0.788 bits per heavy atom. The summed E-state index contributed by atoms with van der Waals surface area (Å²) in [5.74, 6) is 0.407. The van der Waals surface area contributed by atoms with Crippen LogP contribution < -0.4 is 9.75 Å². The second-order valence-electron chi connectivity index (χ2n) is 7.27. The molecule has 0 atom stereocenters. The predicted octanol–water partition coefficient (Wildman–Crippen LogP) is 6.22. The molecule has 0 aliphatic rings. The van der Waals surface area contributed by atoms with E-state index in [1.54, 1.807) is 12.1 Å². The molecule has 0 aliphatic heterocycles. The highest BCUT2D eigenvalue weighted by Crippen LogP contribution is 2.25. The minimum absolute atomic E-state index is 0.349. The van der Waals surface area contributed by atoms with E-state index in [0.717, 1.165) is 28.3 Å². The maximum Gasteiger partial charge on any atom is 0.337 e. The lowest BCUT2D eigenvalue weighted by molar-refractivity contribution is 0.0600. The Labute approximate surface area is 193 Å². The van der Waals surface area contributed by atoms with Crippen molar-refractivity contribution in [2.24, 2.45) is 5.10 Å². The lowest BCUT2D eigenvalue weighted by atomic mass is 10.1. The van der Waals surface area contributed by atoms with E-state index < -0.39 is 0 Å². The van der Waals surface area contributed by atoms with Crippen LogP contribution in [0.5, 0.6) is 5.75 Å². The summed E-state index contributed by atoms with van der Waals surface area (Å²) in [4.78, 5) is 11.5. The highest BCUT2D eigenvalue weighted by atomic mass is 16.5. The summed E-state index contributed by atoms with van der Waals surface area (Å²) in [6, 6.07) is 35.0. The Balaban J connectivity index is 1.41. The number of para-hydroxylation sites is 2. The van der Waals surface area contributed by atoms with Gasteiger partial charge in [0, 0.05) is 0 Å². The fourth-order valence-corrected chi connectivity index (χ4v) is 3.22. The molecule has 5 heteroatoms. The van der Waals surface area contributed by atoms with E-state index in [2.05, 4.69) is 0 Å². The SMILES string of the molecule is COC(=O)c1ccc(COc2ccc(/C=N/N(c3ccccc3)c3ccccc3)cc2)cc1. The molecule has 0 radical (unpaired) electrons. The molecule has 0 unspecified atom stereocenters. The van der Waals surface area contributed by atoms with Crippen molar-refractivity contribution in [1.82, 2.24) is 0 Å². The predicted molar refractivity (Wildman–Crippen MR) is 131 cm³/mol. The molecule has 0 bridgehead atoms. The first-order chi connectivity index (χ1) is 16.2. The first-order valence-electron chi connectivity index (χ1n) is 10.6. The third kappa shape index (κ3) is 5.86. The zero-order valence-electron chi connectivity index (χ0n) is 18.3. The minimum Gasteiger partial charge on any atom is -0.489 e. The van der Waals surface area contributed by atoms with Gasteiger partial charge >= 0.3 is 5.97 Å². The summed E-state index contributed by atoms with van der Waals surface area (Å²) in [6.07, 6.45) is 1.83. The number of methoxy groups -OCH3 is 1. The lowest BCUT2D eigenvalue weighted by Gasteiger charge is -2.19. The summed E-state index contributed by atoms with van der Waals surface area (Å²) >= 11 is 0. The van der Waals surface area contributed by atoms with E-state index in [1.165, 1.54) is 7.11 Å². The molecular weight excluding hydrogens is 412 g/mol. The smallest absolute Gasteiger partial charge is 0.337 e. The quantitative estimate of drug-likeness (QED) is 0.187. The zero-order chi connectivity index (χ0) is 22.9. The molecule has 33 heavy (non-hydrogen) atoms. The fourth-order valence-electron chi connectivity index (χ4n) is 3.22. The first kappa shape index (κ1) is 21.8. The molecule has 4 rings (SSSR count). The van der Waals surface area contributed by atoms with Crippen molar-refractivity contribution in [3.8, 4) is 5.75 Å². The Bertz CT molecular complexity index is 1150. The molecule has 0 saturated heterocycles. The van der Waals surface area contributed by atoms with Crippen LogP contribution in [0.15, 0.2) is 114 Å². The molecular formula is C28H24N2O3. The van der Waals surface area contributed by atoms with E-state index in [0.29, 0.717) is 12.2 Å². The average Bonchev–Trinajstić information content (AvgIpc) is 2.89. The highest BCUT2D eigenvalue weighted by Gasteiger charge is 2.07. The van der Waals surface area contributed by atoms with Crippen LogP contribution in [0.4, 0.5) is 11.4 Å². The zero-order valence-corrected chi connectivity index (χ0v) is 18.3. The van der Waals surface area contributed by atoms with Crippen LogP contribution in [-0.4, -0.2) is 19.3 Å². The van der Waals surface area contributed by atoms with Crippen LogP contribution in [0.3, 0.4) is 0 Å². The Morgan fingerprint density at radius 3 is 1.91 bits per heavy atom. The number of ether oxygens (including phenoxy) is 2. The number of hydrogen-bond acceptors (Lipinski definition) is 5. The highest BCUT2D eigenvalue weighted by molar-refractivity contribution is 5.89. The van der Waals surface area contributed by atoms with Crippen LogP contribution in [0.1, 0.15) is 21.5 Å². The van der Waals surface area contributed by atoms with Crippen LogP contribution in [0.25, 0.3) is 0 Å². The van der Waals surface area contributed by atoms with Gasteiger partial charge in [-0.2, -0.15) is 5.10 Å². The van der Waals surface area contributed by atoms with Gasteiger partial charge in [0.2, 0.25) is 0 Å². The van der Waals surface area contributed by atoms with Gasteiger partial charge in [-0.1, -0.05) is 48.5 Å². The van der Waals surface area contributed by atoms with Crippen molar-refractivity contribution in [2.45, 2.75) is 6.61 Å². The number of carbonyl (C=O) groups is 1. The number of nitrogens with zero attached hydrogens (tertiary/aromatic N) is 2. The van der Waals surface area contributed by atoms with Gasteiger partial charge in [0.1, 0.15) is 12.4 Å². The third-order valence-electron chi connectivity index (χ3n) is 4.98. The average molecular weight is 437 g/mol. The summed E-state index contributed by atoms with van der Waals surface area (Å²) in [5, 5.41) is 6.62. The second-order valence-corrected chi connectivity index (χ2v) is 7.27. The normalized spacial score (nSPS) is 10.7. The van der Waals surface area contributed by atoms with Crippen LogP contribution >= 0.6 is 0 Å². The maximum atomic E-state index is 11.5. The fraction of sp³-hybridized carbons (Fsp3) is 0.0714. The first-order valence-corrected chi connectivity index (χ1v) is 10.6. The number of anilines is 2. The van der Waals surface area contributed by atoms with Gasteiger partial charge in [-0.25, -0.2) is 9.80 Å². The molecule has 0 aliphatic carbocycles. The number of rotatable bonds is 8. The van der Waals surface area contributed by atoms with E-state index in [9.17, 15) is 4.79 Å². The van der Waals surface area contributed by atoms with Crippen LogP contribution in [0, 0.1) is 0 Å². The molecule has 0 fully saturated rings. The monoisotopic (exact) mass is 436 g/mol. The second kappa shape index (κ2) is 10.8. The summed E-state index contributed by atoms with van der Waals surface area (Å²) in [6.45, 7) is 0.407. The molecule has 0 heterocycles. The Hall–Kier alpha value is -4.38. The Kier molecular flexibility index (Phi) is 7.13. The van der Waals surface area contributed by atoms with Gasteiger partial charge in [-0.3, -0.25) is 0 Å². The van der Waals surface area contributed by atoms with Gasteiger partial charge in [0.05, 0.1) is 30.3 Å². The summed E-state index contributed by atoms with van der Waals surface area (Å²) in [5.41, 5.74) is 4.41. The third-order valence-corrected chi connectivity index (χ3v) is 4.98. The van der Waals surface area contributed by atoms with Gasteiger partial charge < -0.3 is 9.47 Å². The molecule has 4 aromatic rings. The van der Waals surface area contributed by atoms with Crippen LogP contribution in [-0.2, 0) is 11.3 Å². The van der Waals surface area contributed by atoms with Crippen LogP contribution in [0.2, 0.25) is 0 Å². The standard InChI is InChI=1S/C28H24N2O3/c1-32-28(31)24-16-12-23(13-17-24)21-33-27-18-14-22(15-19-27)20-29-30(25-8-4-2-5-9-25)26-10-6-3-7-11-26/h2-20H,21H2,1H3/b29-20+. The van der Waals surface area contributed by atoms with E-state index in [1.807, 2.05) is 108 Å². The summed E-state index contributed by atoms with van der Waals surface area (Å²) in [7, 11) is 1.37. The largest absolute Gasteiger partial charge is 0.489 e. The number of hydrazone groups is 1. The number of esters is 1. The van der Waals surface area contributed by atoms with E-state index in [-0.39, 0.29) is 5.97 Å². The molecule has 164 valence electrons. The maximum absolute atomic E-state index is 11.5. The molecule has 4 aromatic carbocycles. The van der Waals surface area contributed by atoms with Crippen molar-refractivity contribution < 1.29 is 14.3 Å². The molecule has 0 aromatic heterocycles. The number of benzene rings is 4. The van der Waals surface area contributed by atoms with Gasteiger partial charge in [-0.05, 0) is 71.8 Å².